The third-order valence-electron chi connectivity index (χ3n) is 3.24. The van der Waals surface area contributed by atoms with Crippen LogP contribution in [0, 0.1) is 0 Å². The van der Waals surface area contributed by atoms with Crippen LogP contribution in [0.4, 0.5) is 0 Å². The first-order valence-corrected chi connectivity index (χ1v) is 6.39. The molecule has 1 nitrogen and oxygen atoms in total. The Morgan fingerprint density at radius 3 is 2.80 bits per heavy atom. The van der Waals surface area contributed by atoms with Crippen molar-refractivity contribution in [3.8, 4) is 0 Å². The molecule has 0 amide bonds. The van der Waals surface area contributed by atoms with E-state index in [-0.39, 0.29) is 5.41 Å². The van der Waals surface area contributed by atoms with E-state index in [1.807, 2.05) is 6.07 Å². The van der Waals surface area contributed by atoms with E-state index in [4.69, 9.17) is 0 Å². The van der Waals surface area contributed by atoms with Crippen molar-refractivity contribution < 1.29 is 4.79 Å². The molecule has 0 spiro atoms. The molecule has 0 saturated carbocycles. The molecule has 2 rings (SSSR count). The second kappa shape index (κ2) is 3.75. The smallest absolute Gasteiger partial charge is 0.163 e. The van der Waals surface area contributed by atoms with E-state index >= 15 is 0 Å². The number of hydrogen-bond acceptors (Lipinski definition) is 1. The van der Waals surface area contributed by atoms with Crippen LogP contribution in [0.5, 0.6) is 0 Å². The second-order valence-electron chi connectivity index (χ2n) is 4.82. The fourth-order valence-corrected chi connectivity index (χ4v) is 2.54. The first-order valence-electron chi connectivity index (χ1n) is 5.27. The van der Waals surface area contributed by atoms with Gasteiger partial charge < -0.3 is 0 Å². The zero-order valence-electron chi connectivity index (χ0n) is 9.14. The average Bonchev–Trinajstić information content (AvgIpc) is 2.23. The monoisotopic (exact) mass is 266 g/mol. The fraction of sp³-hybridized carbons (Fsp3) is 0.462. The molecule has 2 heteroatoms. The summed E-state index contributed by atoms with van der Waals surface area (Å²) in [5.74, 6) is 0.298. The van der Waals surface area contributed by atoms with Gasteiger partial charge in [0.1, 0.15) is 0 Å². The minimum absolute atomic E-state index is 0.147. The molecule has 0 aliphatic heterocycles. The van der Waals surface area contributed by atoms with Crippen LogP contribution < -0.4 is 0 Å². The van der Waals surface area contributed by atoms with E-state index in [9.17, 15) is 4.79 Å². The number of fused-ring (bicyclic) bond motifs is 1. The summed E-state index contributed by atoms with van der Waals surface area (Å²) in [6.07, 6.45) is 1.65. The number of benzene rings is 1. The number of alkyl halides is 1. The Hall–Kier alpha value is -0.630. The normalized spacial score (nSPS) is 18.7. The molecule has 1 aliphatic carbocycles. The molecule has 1 aromatic carbocycles. The van der Waals surface area contributed by atoms with Gasteiger partial charge in [0.2, 0.25) is 0 Å². The highest BCUT2D eigenvalue weighted by molar-refractivity contribution is 9.08. The Bertz CT molecular complexity index is 407. The first kappa shape index (κ1) is 10.9. The SMILES string of the molecule is CC1(C)CCC(=O)c2cc(CBr)ccc21. The van der Waals surface area contributed by atoms with Gasteiger partial charge in [0.25, 0.3) is 0 Å². The Labute approximate surface area is 99.0 Å². The first-order chi connectivity index (χ1) is 7.04. The lowest BCUT2D eigenvalue weighted by Crippen LogP contribution is -2.27. The molecule has 0 radical (unpaired) electrons. The molecule has 15 heavy (non-hydrogen) atoms. The van der Waals surface area contributed by atoms with Crippen molar-refractivity contribution in [2.75, 3.05) is 0 Å². The number of rotatable bonds is 1. The predicted octanol–water partition coefficient (Wildman–Crippen LogP) is 3.84. The van der Waals surface area contributed by atoms with E-state index in [1.165, 1.54) is 11.1 Å². The molecule has 0 atom stereocenters. The van der Waals surface area contributed by atoms with Gasteiger partial charge in [-0.05, 0) is 29.0 Å². The summed E-state index contributed by atoms with van der Waals surface area (Å²) in [6, 6.07) is 6.25. The molecular formula is C13H15BrO. The van der Waals surface area contributed by atoms with Crippen LogP contribution in [-0.2, 0) is 10.7 Å². The van der Waals surface area contributed by atoms with Gasteiger partial charge in [0, 0.05) is 17.3 Å². The maximum Gasteiger partial charge on any atom is 0.163 e. The van der Waals surface area contributed by atoms with Crippen molar-refractivity contribution >= 4 is 21.7 Å². The van der Waals surface area contributed by atoms with Crippen molar-refractivity contribution in [3.63, 3.8) is 0 Å². The zero-order chi connectivity index (χ0) is 11.1. The van der Waals surface area contributed by atoms with Crippen LogP contribution in [0.1, 0.15) is 48.2 Å². The Balaban J connectivity index is 2.57. The summed E-state index contributed by atoms with van der Waals surface area (Å²) in [5.41, 5.74) is 3.47. The molecular weight excluding hydrogens is 252 g/mol. The highest BCUT2D eigenvalue weighted by Crippen LogP contribution is 2.37. The van der Waals surface area contributed by atoms with Crippen LogP contribution in [0.3, 0.4) is 0 Å². The Morgan fingerprint density at radius 1 is 1.40 bits per heavy atom. The van der Waals surface area contributed by atoms with E-state index < -0.39 is 0 Å². The summed E-state index contributed by atoms with van der Waals surface area (Å²) in [6.45, 7) is 4.43. The van der Waals surface area contributed by atoms with Crippen LogP contribution >= 0.6 is 15.9 Å². The largest absolute Gasteiger partial charge is 0.294 e. The maximum absolute atomic E-state index is 11.8. The molecule has 80 valence electrons. The summed E-state index contributed by atoms with van der Waals surface area (Å²) in [4.78, 5) is 11.8. The van der Waals surface area contributed by atoms with Gasteiger partial charge in [-0.25, -0.2) is 0 Å². The van der Waals surface area contributed by atoms with Crippen molar-refractivity contribution in [2.24, 2.45) is 0 Å². The number of carbonyl (C=O) groups is 1. The minimum atomic E-state index is 0.147. The predicted molar refractivity (Wildman–Crippen MR) is 65.7 cm³/mol. The van der Waals surface area contributed by atoms with Gasteiger partial charge in [-0.15, -0.1) is 0 Å². The lowest BCUT2D eigenvalue weighted by molar-refractivity contribution is 0.0956. The molecule has 0 fully saturated rings. The van der Waals surface area contributed by atoms with E-state index in [1.54, 1.807) is 0 Å². The summed E-state index contributed by atoms with van der Waals surface area (Å²) >= 11 is 3.42. The molecule has 1 aliphatic rings. The van der Waals surface area contributed by atoms with Gasteiger partial charge in [-0.3, -0.25) is 4.79 Å². The number of hydrogen-bond donors (Lipinski definition) is 0. The Kier molecular flexibility index (Phi) is 2.72. The van der Waals surface area contributed by atoms with Gasteiger partial charge in [-0.2, -0.15) is 0 Å². The number of carbonyl (C=O) groups excluding carboxylic acids is 1. The second-order valence-corrected chi connectivity index (χ2v) is 5.38. The van der Waals surface area contributed by atoms with Crippen LogP contribution in [0.2, 0.25) is 0 Å². The van der Waals surface area contributed by atoms with E-state index in [0.717, 1.165) is 17.3 Å². The highest BCUT2D eigenvalue weighted by atomic mass is 79.9. The number of halogens is 1. The lowest BCUT2D eigenvalue weighted by atomic mass is 9.72. The van der Waals surface area contributed by atoms with Crippen molar-refractivity contribution in [2.45, 2.75) is 37.4 Å². The van der Waals surface area contributed by atoms with Gasteiger partial charge >= 0.3 is 0 Å². The summed E-state index contributed by atoms with van der Waals surface area (Å²) < 4.78 is 0. The zero-order valence-corrected chi connectivity index (χ0v) is 10.7. The molecule has 0 saturated heterocycles. The van der Waals surface area contributed by atoms with Crippen LogP contribution in [0.15, 0.2) is 18.2 Å². The Morgan fingerprint density at radius 2 is 2.13 bits per heavy atom. The third kappa shape index (κ3) is 1.87. The topological polar surface area (TPSA) is 17.1 Å². The van der Waals surface area contributed by atoms with Gasteiger partial charge in [0.15, 0.2) is 5.78 Å². The average molecular weight is 267 g/mol. The number of ketones is 1. The van der Waals surface area contributed by atoms with Crippen molar-refractivity contribution in [3.05, 3.63) is 34.9 Å². The van der Waals surface area contributed by atoms with Crippen LogP contribution in [-0.4, -0.2) is 5.78 Å². The molecule has 0 N–H and O–H groups in total. The van der Waals surface area contributed by atoms with Gasteiger partial charge in [-0.1, -0.05) is 41.9 Å². The quantitative estimate of drug-likeness (QED) is 0.706. The standard InChI is InChI=1S/C13H15BrO/c1-13(2)6-5-12(15)10-7-9(8-14)3-4-11(10)13/h3-4,7H,5-6,8H2,1-2H3. The summed E-state index contributed by atoms with van der Waals surface area (Å²) in [5, 5.41) is 0.813. The molecule has 0 bridgehead atoms. The van der Waals surface area contributed by atoms with Gasteiger partial charge in [0.05, 0.1) is 0 Å². The highest BCUT2D eigenvalue weighted by Gasteiger charge is 2.31. The van der Waals surface area contributed by atoms with Crippen molar-refractivity contribution in [1.82, 2.24) is 0 Å². The number of Topliss-reactive ketones (excluding diaryl/α,β-unsaturated/α-hetero) is 1. The van der Waals surface area contributed by atoms with E-state index in [0.29, 0.717) is 12.2 Å². The van der Waals surface area contributed by atoms with Crippen LogP contribution in [0.25, 0.3) is 0 Å². The fourth-order valence-electron chi connectivity index (χ4n) is 2.19. The lowest BCUT2D eigenvalue weighted by Gasteiger charge is -2.31. The maximum atomic E-state index is 11.8. The van der Waals surface area contributed by atoms with Crippen molar-refractivity contribution in [1.29, 1.82) is 0 Å². The molecule has 0 heterocycles. The van der Waals surface area contributed by atoms with E-state index in [2.05, 4.69) is 41.9 Å². The third-order valence-corrected chi connectivity index (χ3v) is 3.89. The summed E-state index contributed by atoms with van der Waals surface area (Å²) in [7, 11) is 0. The molecule has 0 unspecified atom stereocenters. The molecule has 0 aromatic heterocycles. The molecule has 1 aromatic rings. The minimum Gasteiger partial charge on any atom is -0.294 e.